The van der Waals surface area contributed by atoms with Gasteiger partial charge < -0.3 is 15.4 Å². The molecule has 90 valence electrons. The highest BCUT2D eigenvalue weighted by Gasteiger charge is 2.16. The van der Waals surface area contributed by atoms with Crippen LogP contribution in [0.5, 0.6) is 0 Å². The Kier molecular flexibility index (Phi) is 3.16. The lowest BCUT2D eigenvalue weighted by Gasteiger charge is -1.99. The van der Waals surface area contributed by atoms with Crippen LogP contribution in [0.2, 0.25) is 0 Å². The molecular weight excluding hydrogens is 220 g/mol. The summed E-state index contributed by atoms with van der Waals surface area (Å²) in [6.45, 7) is 3.90. The van der Waals surface area contributed by atoms with E-state index >= 15 is 0 Å². The molecule has 0 amide bonds. The van der Waals surface area contributed by atoms with Crippen LogP contribution < -0.4 is 5.73 Å². The van der Waals surface area contributed by atoms with Gasteiger partial charge in [-0.15, -0.1) is 0 Å². The summed E-state index contributed by atoms with van der Waals surface area (Å²) in [7, 11) is 0. The number of hydrogen-bond donors (Lipinski definition) is 2. The molecular formula is C11H14N4O2. The average molecular weight is 234 g/mol. The number of rotatable bonds is 3. The molecule has 0 fully saturated rings. The van der Waals surface area contributed by atoms with Crippen LogP contribution in [0, 0.1) is 13.8 Å². The minimum Gasteiger partial charge on any atom is -0.382 e. The third kappa shape index (κ3) is 2.48. The van der Waals surface area contributed by atoms with Crippen LogP contribution in [-0.4, -0.2) is 26.8 Å². The summed E-state index contributed by atoms with van der Waals surface area (Å²) in [4.78, 5) is 8.37. The molecule has 0 radical (unpaired) electrons. The highest BCUT2D eigenvalue weighted by Crippen LogP contribution is 2.18. The fraction of sp³-hybridized carbons (Fsp3) is 0.364. The summed E-state index contributed by atoms with van der Waals surface area (Å²) in [6, 6.07) is 3.82. The van der Waals surface area contributed by atoms with E-state index < -0.39 is 6.10 Å². The molecule has 17 heavy (non-hydrogen) atoms. The Morgan fingerprint density at radius 2 is 2.12 bits per heavy atom. The summed E-state index contributed by atoms with van der Waals surface area (Å²) >= 11 is 0. The zero-order valence-corrected chi connectivity index (χ0v) is 9.71. The Labute approximate surface area is 98.5 Å². The summed E-state index contributed by atoms with van der Waals surface area (Å²) in [5, 5.41) is 13.2. The van der Waals surface area contributed by atoms with E-state index in [0.717, 1.165) is 11.3 Å². The molecule has 0 aliphatic carbocycles. The summed E-state index contributed by atoms with van der Waals surface area (Å²) in [6.07, 6.45) is -0.929. The lowest BCUT2D eigenvalue weighted by atomic mass is 10.2. The van der Waals surface area contributed by atoms with Crippen LogP contribution in [0.1, 0.15) is 23.3 Å². The minimum atomic E-state index is -0.929. The number of aliphatic hydroxyl groups is 1. The molecule has 0 aliphatic rings. The number of hydrogen-bond acceptors (Lipinski definition) is 6. The molecule has 0 saturated heterocycles. The van der Waals surface area contributed by atoms with Gasteiger partial charge in [0.25, 0.3) is 5.89 Å². The van der Waals surface area contributed by atoms with E-state index in [0.29, 0.717) is 11.5 Å². The topological polar surface area (TPSA) is 98.1 Å². The second-order valence-corrected chi connectivity index (χ2v) is 3.88. The van der Waals surface area contributed by atoms with Crippen LogP contribution in [0.3, 0.4) is 0 Å². The molecule has 3 N–H and O–H groups in total. The molecule has 2 aromatic heterocycles. The molecule has 6 heteroatoms. The molecule has 2 aromatic rings. The van der Waals surface area contributed by atoms with Gasteiger partial charge in [0.05, 0.1) is 0 Å². The maximum Gasteiger partial charge on any atom is 0.257 e. The van der Waals surface area contributed by atoms with Crippen molar-refractivity contribution in [1.82, 2.24) is 15.1 Å². The van der Waals surface area contributed by atoms with Crippen LogP contribution in [0.4, 0.5) is 0 Å². The molecule has 0 aromatic carbocycles. The Balaban J connectivity index is 2.36. The molecule has 2 heterocycles. The molecule has 0 saturated carbocycles. The maximum absolute atomic E-state index is 9.46. The maximum atomic E-state index is 9.46. The lowest BCUT2D eigenvalue weighted by Crippen LogP contribution is -2.11. The number of aliphatic hydroxyl groups excluding tert-OH is 1. The lowest BCUT2D eigenvalue weighted by molar-refractivity contribution is 0.141. The van der Waals surface area contributed by atoms with E-state index in [9.17, 15) is 5.11 Å². The zero-order chi connectivity index (χ0) is 12.4. The first-order valence-electron chi connectivity index (χ1n) is 5.27. The second kappa shape index (κ2) is 4.60. The normalized spacial score (nSPS) is 12.7. The van der Waals surface area contributed by atoms with Gasteiger partial charge in [0.15, 0.2) is 0 Å². The summed E-state index contributed by atoms with van der Waals surface area (Å²) in [5.41, 5.74) is 7.88. The first-order chi connectivity index (χ1) is 8.10. The Morgan fingerprint density at radius 1 is 1.35 bits per heavy atom. The van der Waals surface area contributed by atoms with Crippen molar-refractivity contribution in [3.05, 3.63) is 29.3 Å². The number of nitrogens with two attached hydrogens (primary N) is 1. The van der Waals surface area contributed by atoms with Gasteiger partial charge in [-0.3, -0.25) is 0 Å². The van der Waals surface area contributed by atoms with Crippen LogP contribution in [-0.2, 0) is 0 Å². The minimum absolute atomic E-state index is 0.0436. The van der Waals surface area contributed by atoms with E-state index in [1.165, 1.54) is 0 Å². The highest BCUT2D eigenvalue weighted by atomic mass is 16.5. The number of nitrogens with zero attached hydrogens (tertiary/aromatic N) is 3. The third-order valence-electron chi connectivity index (χ3n) is 2.28. The zero-order valence-electron chi connectivity index (χ0n) is 9.71. The van der Waals surface area contributed by atoms with Crippen molar-refractivity contribution in [3.8, 4) is 11.5 Å². The molecule has 1 unspecified atom stereocenters. The predicted molar refractivity (Wildman–Crippen MR) is 61.0 cm³/mol. The Morgan fingerprint density at radius 3 is 2.76 bits per heavy atom. The molecule has 0 aliphatic heterocycles. The fourth-order valence-electron chi connectivity index (χ4n) is 1.53. The van der Waals surface area contributed by atoms with Crippen molar-refractivity contribution in [1.29, 1.82) is 0 Å². The van der Waals surface area contributed by atoms with Crippen molar-refractivity contribution in [2.24, 2.45) is 5.73 Å². The van der Waals surface area contributed by atoms with E-state index in [2.05, 4.69) is 15.1 Å². The van der Waals surface area contributed by atoms with Crippen molar-refractivity contribution in [2.45, 2.75) is 20.0 Å². The molecule has 0 bridgehead atoms. The number of aromatic nitrogens is 3. The number of pyridine rings is 1. The first kappa shape index (κ1) is 11.7. The van der Waals surface area contributed by atoms with Gasteiger partial charge in [0, 0.05) is 12.2 Å². The highest BCUT2D eigenvalue weighted by molar-refractivity contribution is 5.50. The Bertz CT molecular complexity index is 504. The predicted octanol–water partition coefficient (Wildman–Crippen LogP) is 0.741. The average Bonchev–Trinajstić information content (AvgIpc) is 2.76. The van der Waals surface area contributed by atoms with Crippen LogP contribution in [0.25, 0.3) is 11.5 Å². The van der Waals surface area contributed by atoms with Crippen molar-refractivity contribution >= 4 is 0 Å². The van der Waals surface area contributed by atoms with Gasteiger partial charge in [-0.05, 0) is 31.5 Å². The van der Waals surface area contributed by atoms with Crippen molar-refractivity contribution in [3.63, 3.8) is 0 Å². The van der Waals surface area contributed by atoms with Crippen LogP contribution >= 0.6 is 0 Å². The third-order valence-corrected chi connectivity index (χ3v) is 2.28. The van der Waals surface area contributed by atoms with Crippen molar-refractivity contribution < 1.29 is 9.63 Å². The van der Waals surface area contributed by atoms with Gasteiger partial charge in [-0.25, -0.2) is 4.98 Å². The van der Waals surface area contributed by atoms with E-state index in [-0.39, 0.29) is 12.4 Å². The second-order valence-electron chi connectivity index (χ2n) is 3.88. The van der Waals surface area contributed by atoms with Crippen molar-refractivity contribution in [2.75, 3.05) is 6.54 Å². The molecule has 2 rings (SSSR count). The molecule has 1 atom stereocenters. The van der Waals surface area contributed by atoms with Gasteiger partial charge in [0.2, 0.25) is 5.82 Å². The standard InChI is InChI=1S/C11H14N4O2/c1-6-3-7(2)13-8(4-6)10-14-11(17-15-10)9(16)5-12/h3-4,9,16H,5,12H2,1-2H3. The summed E-state index contributed by atoms with van der Waals surface area (Å²) < 4.78 is 4.92. The monoisotopic (exact) mass is 234 g/mol. The molecule has 6 nitrogen and oxygen atoms in total. The van der Waals surface area contributed by atoms with Gasteiger partial charge >= 0.3 is 0 Å². The SMILES string of the molecule is Cc1cc(C)nc(-c2noc(C(O)CN)n2)c1. The van der Waals surface area contributed by atoms with E-state index in [1.54, 1.807) is 0 Å². The van der Waals surface area contributed by atoms with Crippen LogP contribution in [0.15, 0.2) is 16.7 Å². The van der Waals surface area contributed by atoms with E-state index in [4.69, 9.17) is 10.3 Å². The Hall–Kier alpha value is -1.79. The molecule has 0 spiro atoms. The first-order valence-corrected chi connectivity index (χ1v) is 5.27. The fourth-order valence-corrected chi connectivity index (χ4v) is 1.53. The largest absolute Gasteiger partial charge is 0.382 e. The summed E-state index contributed by atoms with van der Waals surface area (Å²) in [5.74, 6) is 0.475. The smallest absolute Gasteiger partial charge is 0.257 e. The van der Waals surface area contributed by atoms with Gasteiger partial charge in [-0.1, -0.05) is 5.16 Å². The number of aryl methyl sites for hydroxylation is 2. The van der Waals surface area contributed by atoms with E-state index in [1.807, 2.05) is 26.0 Å². The van der Waals surface area contributed by atoms with Gasteiger partial charge in [0.1, 0.15) is 11.8 Å². The quantitative estimate of drug-likeness (QED) is 0.812. The van der Waals surface area contributed by atoms with Gasteiger partial charge in [-0.2, -0.15) is 4.98 Å².